The van der Waals surface area contributed by atoms with Crippen molar-refractivity contribution in [3.05, 3.63) is 71.9 Å². The molecule has 3 rings (SSSR count). The fourth-order valence-corrected chi connectivity index (χ4v) is 3.62. The van der Waals surface area contributed by atoms with Gasteiger partial charge in [-0.1, -0.05) is 48.0 Å². The van der Waals surface area contributed by atoms with E-state index in [1.807, 2.05) is 41.4 Å². The number of hydrazine groups is 1. The molecule has 1 amide bonds. The van der Waals surface area contributed by atoms with E-state index in [1.165, 1.54) is 0 Å². The maximum atomic E-state index is 12.4. The first kappa shape index (κ1) is 21.5. The van der Waals surface area contributed by atoms with E-state index >= 15 is 0 Å². The Balaban J connectivity index is 1.73. The Morgan fingerprint density at radius 1 is 1.10 bits per heavy atom. The minimum absolute atomic E-state index is 0.0213. The summed E-state index contributed by atoms with van der Waals surface area (Å²) in [6, 6.07) is 18.3. The Morgan fingerprint density at radius 3 is 2.43 bits per heavy atom. The Morgan fingerprint density at radius 2 is 1.77 bits per heavy atom. The molecule has 2 N–H and O–H groups in total. The molecule has 0 spiro atoms. The van der Waals surface area contributed by atoms with E-state index in [0.29, 0.717) is 17.2 Å². The third-order valence-electron chi connectivity index (χ3n) is 4.71. The van der Waals surface area contributed by atoms with Crippen molar-refractivity contribution in [2.24, 2.45) is 0 Å². The van der Waals surface area contributed by atoms with Gasteiger partial charge in [0, 0.05) is 12.7 Å². The molecule has 2 aromatic rings. The molecule has 1 unspecified atom stereocenters. The van der Waals surface area contributed by atoms with Crippen molar-refractivity contribution in [1.82, 2.24) is 10.7 Å². The Hall–Kier alpha value is -3.19. The topological polar surface area (TPSA) is 79.9 Å². The van der Waals surface area contributed by atoms with Crippen LogP contribution in [0, 0.1) is 0 Å². The molecule has 1 heterocycles. The fraction of sp³-hybridized carbons (Fsp3) is 0.273. The quantitative estimate of drug-likeness (QED) is 0.618. The van der Waals surface area contributed by atoms with Crippen LogP contribution in [0.2, 0.25) is 0 Å². The molecule has 0 saturated heterocycles. The zero-order valence-electron chi connectivity index (χ0n) is 16.6. The van der Waals surface area contributed by atoms with E-state index in [0.717, 1.165) is 5.69 Å². The normalized spacial score (nSPS) is 17.7. The van der Waals surface area contributed by atoms with Crippen LogP contribution >= 0.6 is 11.6 Å². The average Bonchev–Trinajstić information content (AvgIpc) is 3.05. The first-order valence-corrected chi connectivity index (χ1v) is 10.1. The van der Waals surface area contributed by atoms with Gasteiger partial charge in [0.2, 0.25) is 0 Å². The lowest BCUT2D eigenvalue weighted by atomic mass is 9.90. The van der Waals surface area contributed by atoms with E-state index < -0.39 is 11.6 Å². The highest BCUT2D eigenvalue weighted by molar-refractivity contribution is 6.31. The van der Waals surface area contributed by atoms with Crippen LogP contribution in [0.25, 0.3) is 0 Å². The highest BCUT2D eigenvalue weighted by Crippen LogP contribution is 2.40. The third kappa shape index (κ3) is 5.04. The molecule has 7 nitrogen and oxygen atoms in total. The summed E-state index contributed by atoms with van der Waals surface area (Å²) in [5.41, 5.74) is 3.05. The maximum Gasteiger partial charge on any atom is 0.412 e. The van der Waals surface area contributed by atoms with Crippen molar-refractivity contribution in [1.29, 1.82) is 0 Å². The summed E-state index contributed by atoms with van der Waals surface area (Å²) >= 11 is 6.57. The van der Waals surface area contributed by atoms with E-state index in [4.69, 9.17) is 21.1 Å². The van der Waals surface area contributed by atoms with Crippen LogP contribution in [-0.2, 0) is 9.53 Å². The Labute approximate surface area is 180 Å². The van der Waals surface area contributed by atoms with Gasteiger partial charge in [0.05, 0.1) is 23.7 Å². The average molecular weight is 430 g/mol. The van der Waals surface area contributed by atoms with Crippen molar-refractivity contribution in [2.75, 3.05) is 18.2 Å². The number of benzene rings is 2. The summed E-state index contributed by atoms with van der Waals surface area (Å²) < 4.78 is 10.4. The van der Waals surface area contributed by atoms with Crippen molar-refractivity contribution in [3.63, 3.8) is 0 Å². The summed E-state index contributed by atoms with van der Waals surface area (Å²) in [5.74, 6) is 0.0724. The number of hydrogen-bond donors (Lipinski definition) is 2. The van der Waals surface area contributed by atoms with Gasteiger partial charge >= 0.3 is 12.1 Å². The lowest BCUT2D eigenvalue weighted by Gasteiger charge is -2.39. The minimum atomic E-state index is -0.908. The summed E-state index contributed by atoms with van der Waals surface area (Å²) in [5, 5.41) is 5.01. The van der Waals surface area contributed by atoms with Gasteiger partial charge in [-0.05, 0) is 37.6 Å². The van der Waals surface area contributed by atoms with Gasteiger partial charge in [-0.25, -0.2) is 4.79 Å². The van der Waals surface area contributed by atoms with Gasteiger partial charge in [0.15, 0.2) is 0 Å². The lowest BCUT2D eigenvalue weighted by Crippen LogP contribution is -2.53. The number of hydrogen-bond acceptors (Lipinski definition) is 6. The predicted octanol–water partition coefficient (Wildman–Crippen LogP) is 3.96. The zero-order valence-corrected chi connectivity index (χ0v) is 17.4. The van der Waals surface area contributed by atoms with Gasteiger partial charge < -0.3 is 20.2 Å². The summed E-state index contributed by atoms with van der Waals surface area (Å²) in [7, 11) is 0. The number of para-hydroxylation sites is 2. The highest BCUT2D eigenvalue weighted by atomic mass is 35.5. The minimum Gasteiger partial charge on any atom is -0.466 e. The van der Waals surface area contributed by atoms with Crippen molar-refractivity contribution >= 4 is 29.4 Å². The number of carbonyl (C=O) groups excluding carboxylic acids is 2. The molecular weight excluding hydrogens is 406 g/mol. The molecule has 0 fully saturated rings. The van der Waals surface area contributed by atoms with E-state index in [1.54, 1.807) is 37.4 Å². The van der Waals surface area contributed by atoms with Gasteiger partial charge in [0.25, 0.3) is 0 Å². The number of halogens is 1. The summed E-state index contributed by atoms with van der Waals surface area (Å²) in [4.78, 5) is 24.5. The second kappa shape index (κ2) is 10.0. The second-order valence-corrected chi connectivity index (χ2v) is 7.09. The molecule has 1 aliphatic rings. The second-order valence-electron chi connectivity index (χ2n) is 6.69. The largest absolute Gasteiger partial charge is 0.466 e. The van der Waals surface area contributed by atoms with Gasteiger partial charge in [0.1, 0.15) is 11.3 Å². The summed E-state index contributed by atoms with van der Waals surface area (Å²) in [6.07, 6.45) is 1.45. The smallest absolute Gasteiger partial charge is 0.412 e. The Bertz CT molecular complexity index is 892. The van der Waals surface area contributed by atoms with E-state index in [-0.39, 0.29) is 25.5 Å². The van der Waals surface area contributed by atoms with Crippen molar-refractivity contribution < 1.29 is 19.1 Å². The maximum absolute atomic E-state index is 12.4. The predicted molar refractivity (Wildman–Crippen MR) is 115 cm³/mol. The Kier molecular flexibility index (Phi) is 7.19. The molecule has 0 aromatic heterocycles. The number of amides is 1. The van der Waals surface area contributed by atoms with Crippen LogP contribution in [0.15, 0.2) is 71.9 Å². The molecule has 0 saturated carbocycles. The number of ether oxygens (including phenoxy) is 2. The van der Waals surface area contributed by atoms with Crippen LogP contribution in [0.4, 0.5) is 10.5 Å². The molecule has 158 valence electrons. The van der Waals surface area contributed by atoms with Gasteiger partial charge in [-0.2, -0.15) is 0 Å². The van der Waals surface area contributed by atoms with E-state index in [2.05, 4.69) is 10.7 Å². The number of rotatable bonds is 8. The number of nitrogens with zero attached hydrogens (tertiary/aromatic N) is 1. The molecule has 1 atom stereocenters. The molecule has 0 bridgehead atoms. The standard InChI is InChI=1S/C22H24ClN3O4/c1-2-29-20(27)15-22(13-14-24-21(28)30-18-11-7-4-8-12-18)19(23)16-25-26(22)17-9-5-3-6-10-17/h3-12,16,25H,2,13-15H2,1H3,(H,24,28). The van der Waals surface area contributed by atoms with Crippen molar-refractivity contribution in [2.45, 2.75) is 25.3 Å². The molecular formula is C22H24ClN3O4. The van der Waals surface area contributed by atoms with Gasteiger partial charge in [-0.3, -0.25) is 9.80 Å². The fourth-order valence-electron chi connectivity index (χ4n) is 3.32. The number of carbonyl (C=O) groups is 2. The first-order chi connectivity index (χ1) is 14.5. The molecule has 8 heteroatoms. The number of anilines is 1. The molecule has 2 aromatic carbocycles. The lowest BCUT2D eigenvalue weighted by molar-refractivity contribution is -0.144. The van der Waals surface area contributed by atoms with Crippen LogP contribution in [0.5, 0.6) is 5.75 Å². The number of nitrogens with one attached hydrogen (secondary N) is 2. The first-order valence-electron chi connectivity index (χ1n) is 9.69. The van der Waals surface area contributed by atoms with Crippen LogP contribution < -0.4 is 20.5 Å². The molecule has 0 radical (unpaired) electrons. The van der Waals surface area contributed by atoms with Crippen LogP contribution in [0.1, 0.15) is 19.8 Å². The SMILES string of the molecule is CCOC(=O)CC1(CCNC(=O)Oc2ccccc2)C(Cl)=CNN1c1ccccc1. The third-order valence-corrected chi connectivity index (χ3v) is 5.17. The van der Waals surface area contributed by atoms with Crippen LogP contribution in [-0.4, -0.2) is 30.8 Å². The highest BCUT2D eigenvalue weighted by Gasteiger charge is 2.46. The zero-order chi connectivity index (χ0) is 21.4. The number of esters is 1. The monoisotopic (exact) mass is 429 g/mol. The van der Waals surface area contributed by atoms with E-state index in [9.17, 15) is 9.59 Å². The summed E-state index contributed by atoms with van der Waals surface area (Å²) in [6.45, 7) is 2.27. The van der Waals surface area contributed by atoms with Crippen LogP contribution in [0.3, 0.4) is 0 Å². The molecule has 1 aliphatic heterocycles. The molecule has 30 heavy (non-hydrogen) atoms. The van der Waals surface area contributed by atoms with Gasteiger partial charge in [-0.15, -0.1) is 0 Å². The molecule has 0 aliphatic carbocycles. The van der Waals surface area contributed by atoms with Crippen molar-refractivity contribution in [3.8, 4) is 5.75 Å².